The summed E-state index contributed by atoms with van der Waals surface area (Å²) in [7, 11) is -2.94. The van der Waals surface area contributed by atoms with Crippen LogP contribution in [0.25, 0.3) is 0 Å². The van der Waals surface area contributed by atoms with Crippen molar-refractivity contribution in [2.75, 3.05) is 5.75 Å². The number of nitrogens with zero attached hydrogens (tertiary/aromatic N) is 1. The summed E-state index contributed by atoms with van der Waals surface area (Å²) in [5.74, 6) is 0.559. The van der Waals surface area contributed by atoms with Gasteiger partial charge in [-0.2, -0.15) is 4.31 Å². The normalized spacial score (nSPS) is 49.3. The first kappa shape index (κ1) is 8.92. The second kappa shape index (κ2) is 2.61. The van der Waals surface area contributed by atoms with Gasteiger partial charge in [0.15, 0.2) is 0 Å². The average Bonchev–Trinajstić information content (AvgIpc) is 2.33. The van der Waals surface area contributed by atoms with Crippen molar-refractivity contribution in [3.63, 3.8) is 0 Å². The van der Waals surface area contributed by atoms with Crippen molar-refractivity contribution >= 4 is 10.0 Å². The molecule has 4 atom stereocenters. The lowest BCUT2D eigenvalue weighted by atomic mass is 9.78. The summed E-state index contributed by atoms with van der Waals surface area (Å²) in [4.78, 5) is 0. The Morgan fingerprint density at radius 2 is 2.14 bits per heavy atom. The SMILES string of the molecule is C=C1C[C@@H]2CCC[C@@H]3[C@H]1CS(=O)(=O)N23. The molecule has 14 heavy (non-hydrogen) atoms. The van der Waals surface area contributed by atoms with Gasteiger partial charge in [0.2, 0.25) is 10.0 Å². The van der Waals surface area contributed by atoms with E-state index in [1.807, 2.05) is 0 Å². The van der Waals surface area contributed by atoms with E-state index in [1.165, 1.54) is 12.0 Å². The molecule has 0 spiro atoms. The van der Waals surface area contributed by atoms with Gasteiger partial charge in [0.05, 0.1) is 5.75 Å². The Morgan fingerprint density at radius 3 is 2.93 bits per heavy atom. The van der Waals surface area contributed by atoms with Gasteiger partial charge >= 0.3 is 0 Å². The van der Waals surface area contributed by atoms with Crippen molar-refractivity contribution in [3.05, 3.63) is 12.2 Å². The fourth-order valence-electron chi connectivity index (χ4n) is 3.36. The number of hydrogen-bond acceptors (Lipinski definition) is 2. The van der Waals surface area contributed by atoms with Crippen molar-refractivity contribution in [2.45, 2.75) is 37.8 Å². The molecule has 78 valence electrons. The summed E-state index contributed by atoms with van der Waals surface area (Å²) in [6, 6.07) is 0.505. The Hall–Kier alpha value is -0.350. The highest BCUT2D eigenvalue weighted by Gasteiger charge is 2.53. The lowest BCUT2D eigenvalue weighted by Crippen LogP contribution is -2.49. The van der Waals surface area contributed by atoms with Gasteiger partial charge in [-0.15, -0.1) is 0 Å². The molecule has 0 aromatic rings. The van der Waals surface area contributed by atoms with Gasteiger partial charge in [-0.05, 0) is 19.3 Å². The molecular formula is C10H15NO2S. The molecule has 1 unspecified atom stereocenters. The molecular weight excluding hydrogens is 198 g/mol. The molecule has 3 aliphatic heterocycles. The van der Waals surface area contributed by atoms with Gasteiger partial charge in [-0.1, -0.05) is 18.6 Å². The van der Waals surface area contributed by atoms with Crippen LogP contribution in [0.15, 0.2) is 12.2 Å². The summed E-state index contributed by atoms with van der Waals surface area (Å²) in [6.45, 7) is 4.05. The summed E-state index contributed by atoms with van der Waals surface area (Å²) in [6.07, 6.45) is 4.16. The van der Waals surface area contributed by atoms with Gasteiger partial charge in [0, 0.05) is 18.0 Å². The molecule has 3 aliphatic rings. The highest BCUT2D eigenvalue weighted by atomic mass is 32.2. The van der Waals surface area contributed by atoms with Crippen LogP contribution >= 0.6 is 0 Å². The minimum atomic E-state index is -2.94. The molecule has 4 bridgehead atoms. The molecule has 0 aromatic heterocycles. The first-order valence-electron chi connectivity index (χ1n) is 5.28. The van der Waals surface area contributed by atoms with Crippen molar-refractivity contribution in [2.24, 2.45) is 5.92 Å². The highest BCUT2D eigenvalue weighted by Crippen LogP contribution is 2.46. The molecule has 3 rings (SSSR count). The topological polar surface area (TPSA) is 37.4 Å². The minimum absolute atomic E-state index is 0.233. The second-order valence-electron chi connectivity index (χ2n) is 4.73. The molecule has 0 saturated carbocycles. The summed E-state index contributed by atoms with van der Waals surface area (Å²) in [5.41, 5.74) is 1.18. The smallest absolute Gasteiger partial charge is 0.212 e. The second-order valence-corrected chi connectivity index (χ2v) is 6.65. The van der Waals surface area contributed by atoms with Crippen LogP contribution in [0.2, 0.25) is 0 Å². The fraction of sp³-hybridized carbons (Fsp3) is 0.800. The zero-order chi connectivity index (χ0) is 9.92. The predicted molar refractivity (Wildman–Crippen MR) is 54.3 cm³/mol. The first-order valence-corrected chi connectivity index (χ1v) is 6.89. The van der Waals surface area contributed by atoms with Crippen LogP contribution in [0.5, 0.6) is 0 Å². The third kappa shape index (κ3) is 0.984. The maximum absolute atomic E-state index is 11.9. The van der Waals surface area contributed by atoms with Gasteiger partial charge in [0.25, 0.3) is 0 Å². The third-order valence-electron chi connectivity index (χ3n) is 3.92. The number of piperidine rings is 2. The van der Waals surface area contributed by atoms with E-state index in [1.54, 1.807) is 4.31 Å². The van der Waals surface area contributed by atoms with Crippen LogP contribution < -0.4 is 0 Å². The maximum atomic E-state index is 11.9. The first-order chi connectivity index (χ1) is 6.59. The molecule has 0 amide bonds. The Balaban J connectivity index is 2.11. The molecule has 3 saturated heterocycles. The standard InChI is InChI=1S/C10H15NO2S/c1-7-5-8-3-2-4-10-9(7)6-14(12,13)11(8)10/h8-10H,1-6H2/t8-,9-,10+/m0/s1. The fourth-order valence-corrected chi connectivity index (χ4v) is 5.74. The van der Waals surface area contributed by atoms with E-state index in [2.05, 4.69) is 6.58 Å². The molecule has 4 heteroatoms. The monoisotopic (exact) mass is 213 g/mol. The lowest BCUT2D eigenvalue weighted by molar-refractivity contribution is 0.140. The van der Waals surface area contributed by atoms with Crippen LogP contribution in [-0.4, -0.2) is 30.6 Å². The van der Waals surface area contributed by atoms with E-state index < -0.39 is 10.0 Å². The number of rotatable bonds is 0. The van der Waals surface area contributed by atoms with Crippen LogP contribution in [0, 0.1) is 5.92 Å². The van der Waals surface area contributed by atoms with Gasteiger partial charge in [-0.3, -0.25) is 0 Å². The zero-order valence-electron chi connectivity index (χ0n) is 8.15. The summed E-state index contributed by atoms with van der Waals surface area (Å²) in [5, 5.41) is 0. The molecule has 0 aromatic carbocycles. The van der Waals surface area contributed by atoms with E-state index in [9.17, 15) is 8.42 Å². The van der Waals surface area contributed by atoms with E-state index in [4.69, 9.17) is 0 Å². The summed E-state index contributed by atoms with van der Waals surface area (Å²) >= 11 is 0. The van der Waals surface area contributed by atoms with Gasteiger partial charge < -0.3 is 0 Å². The molecule has 3 heterocycles. The van der Waals surface area contributed by atoms with Crippen LogP contribution in [-0.2, 0) is 10.0 Å². The van der Waals surface area contributed by atoms with Crippen molar-refractivity contribution < 1.29 is 8.42 Å². The van der Waals surface area contributed by atoms with Crippen LogP contribution in [0.3, 0.4) is 0 Å². The maximum Gasteiger partial charge on any atom is 0.215 e. The lowest BCUT2D eigenvalue weighted by Gasteiger charge is -2.42. The molecule has 0 N–H and O–H groups in total. The van der Waals surface area contributed by atoms with Crippen molar-refractivity contribution in [1.82, 2.24) is 4.31 Å². The number of sulfonamides is 1. The Bertz CT molecular complexity index is 387. The van der Waals surface area contributed by atoms with E-state index in [0.717, 1.165) is 19.3 Å². The number of hydrogen-bond donors (Lipinski definition) is 0. The summed E-state index contributed by atoms with van der Waals surface area (Å²) < 4.78 is 25.6. The predicted octanol–water partition coefficient (Wildman–Crippen LogP) is 1.13. The Labute approximate surface area is 84.8 Å². The third-order valence-corrected chi connectivity index (χ3v) is 5.91. The van der Waals surface area contributed by atoms with Crippen molar-refractivity contribution in [3.8, 4) is 0 Å². The van der Waals surface area contributed by atoms with Crippen molar-refractivity contribution in [1.29, 1.82) is 0 Å². The molecule has 0 aliphatic carbocycles. The zero-order valence-corrected chi connectivity index (χ0v) is 8.96. The van der Waals surface area contributed by atoms with Gasteiger partial charge in [-0.25, -0.2) is 8.42 Å². The quantitative estimate of drug-likeness (QED) is 0.566. The largest absolute Gasteiger partial charge is 0.215 e. The molecule has 3 nitrogen and oxygen atoms in total. The molecule has 0 radical (unpaired) electrons. The highest BCUT2D eigenvalue weighted by molar-refractivity contribution is 7.89. The van der Waals surface area contributed by atoms with Crippen LogP contribution in [0.1, 0.15) is 25.7 Å². The Morgan fingerprint density at radius 1 is 1.36 bits per heavy atom. The average molecular weight is 213 g/mol. The van der Waals surface area contributed by atoms with E-state index in [-0.39, 0.29) is 18.0 Å². The molecule has 3 fully saturated rings. The van der Waals surface area contributed by atoms with E-state index >= 15 is 0 Å². The Kier molecular flexibility index (Phi) is 1.66. The minimum Gasteiger partial charge on any atom is -0.212 e. The van der Waals surface area contributed by atoms with Gasteiger partial charge in [0.1, 0.15) is 0 Å². The van der Waals surface area contributed by atoms with Crippen LogP contribution in [0.4, 0.5) is 0 Å². The van der Waals surface area contributed by atoms with E-state index in [0.29, 0.717) is 5.75 Å².